The van der Waals surface area contributed by atoms with Crippen LogP contribution in [0.2, 0.25) is 5.02 Å². The number of nitrogen functional groups attached to an aromatic ring is 1. The van der Waals surface area contributed by atoms with Crippen LogP contribution in [0.5, 0.6) is 11.5 Å². The number of amides is 1. The number of nitrogens with two attached hydrogens (primary N) is 1. The second kappa shape index (κ2) is 9.16. The monoisotopic (exact) mass is 439 g/mol. The van der Waals surface area contributed by atoms with Crippen LogP contribution in [-0.2, 0) is 11.3 Å². The smallest absolute Gasteiger partial charge is 0.267 e. The quantitative estimate of drug-likeness (QED) is 0.419. The third-order valence-corrected chi connectivity index (χ3v) is 5.51. The van der Waals surface area contributed by atoms with Gasteiger partial charge in [-0.2, -0.15) is 5.26 Å². The molecule has 0 bridgehead atoms. The average Bonchev–Trinajstić information content (AvgIpc) is 3.23. The van der Waals surface area contributed by atoms with Crippen LogP contribution in [0.3, 0.4) is 0 Å². The largest absolute Gasteiger partial charge is 0.454 e. The Morgan fingerprint density at radius 3 is 2.68 bits per heavy atom. The van der Waals surface area contributed by atoms with Crippen LogP contribution in [-0.4, -0.2) is 48.7 Å². The Morgan fingerprint density at radius 2 is 1.94 bits per heavy atom. The first kappa shape index (κ1) is 20.8. The summed E-state index contributed by atoms with van der Waals surface area (Å²) in [5.74, 6) is 1.08. The number of piperazine rings is 1. The normalized spacial score (nSPS) is 16.1. The minimum absolute atomic E-state index is 0.0390. The van der Waals surface area contributed by atoms with Gasteiger partial charge >= 0.3 is 0 Å². The molecule has 2 aliphatic heterocycles. The number of ether oxygens (including phenoxy) is 2. The van der Waals surface area contributed by atoms with E-state index in [1.165, 1.54) is 0 Å². The number of fused-ring (bicyclic) bond motifs is 1. The van der Waals surface area contributed by atoms with Gasteiger partial charge < -0.3 is 25.4 Å². The summed E-state index contributed by atoms with van der Waals surface area (Å²) < 4.78 is 10.8. The van der Waals surface area contributed by atoms with Gasteiger partial charge in [0.05, 0.1) is 10.7 Å². The number of nitrogens with zero attached hydrogens (tertiary/aromatic N) is 3. The van der Waals surface area contributed by atoms with Crippen molar-refractivity contribution < 1.29 is 14.3 Å². The molecule has 0 spiro atoms. The molecule has 160 valence electrons. The van der Waals surface area contributed by atoms with Gasteiger partial charge in [0.1, 0.15) is 11.6 Å². The van der Waals surface area contributed by atoms with Crippen molar-refractivity contribution in [2.45, 2.75) is 6.54 Å². The summed E-state index contributed by atoms with van der Waals surface area (Å²) in [6.07, 6.45) is 1.62. The van der Waals surface area contributed by atoms with Crippen LogP contribution in [0.1, 0.15) is 5.56 Å². The fourth-order valence-electron chi connectivity index (χ4n) is 3.47. The van der Waals surface area contributed by atoms with E-state index in [9.17, 15) is 10.1 Å². The summed E-state index contributed by atoms with van der Waals surface area (Å²) in [6.45, 7) is 4.15. The highest BCUT2D eigenvalue weighted by molar-refractivity contribution is 6.33. The van der Waals surface area contributed by atoms with E-state index in [-0.39, 0.29) is 12.4 Å². The maximum atomic E-state index is 12.5. The van der Waals surface area contributed by atoms with E-state index in [1.54, 1.807) is 24.4 Å². The van der Waals surface area contributed by atoms with Gasteiger partial charge in [-0.25, -0.2) is 0 Å². The van der Waals surface area contributed by atoms with Crippen molar-refractivity contribution in [1.82, 2.24) is 9.80 Å². The van der Waals surface area contributed by atoms with Crippen LogP contribution < -0.4 is 20.5 Å². The first-order chi connectivity index (χ1) is 15.0. The maximum Gasteiger partial charge on any atom is 0.267 e. The van der Waals surface area contributed by atoms with Gasteiger partial charge in [-0.3, -0.25) is 9.69 Å². The van der Waals surface area contributed by atoms with Crippen molar-refractivity contribution in [3.63, 3.8) is 0 Å². The lowest BCUT2D eigenvalue weighted by Gasteiger charge is -2.34. The van der Waals surface area contributed by atoms with Gasteiger partial charge in [0, 0.05) is 44.6 Å². The number of rotatable bonds is 5. The number of anilines is 2. The molecule has 31 heavy (non-hydrogen) atoms. The van der Waals surface area contributed by atoms with E-state index in [2.05, 4.69) is 10.2 Å². The number of hydrogen-bond donors (Lipinski definition) is 2. The fraction of sp³-hybridized carbons (Fsp3) is 0.273. The van der Waals surface area contributed by atoms with Gasteiger partial charge in [0.15, 0.2) is 11.5 Å². The van der Waals surface area contributed by atoms with E-state index >= 15 is 0 Å². The minimum Gasteiger partial charge on any atom is -0.454 e. The molecule has 2 heterocycles. The molecule has 2 aliphatic rings. The molecule has 1 amide bonds. The minimum atomic E-state index is -0.480. The van der Waals surface area contributed by atoms with Crippen molar-refractivity contribution >= 4 is 28.9 Å². The zero-order valence-electron chi connectivity index (χ0n) is 16.8. The predicted octanol–water partition coefficient (Wildman–Crippen LogP) is 2.81. The molecule has 3 N–H and O–H groups in total. The Bertz CT molecular complexity index is 1060. The first-order valence-corrected chi connectivity index (χ1v) is 10.2. The molecule has 4 rings (SSSR count). The van der Waals surface area contributed by atoms with Crippen LogP contribution in [0, 0.1) is 11.3 Å². The number of carbonyl (C=O) groups excluding carboxylic acids is 1. The Hall–Kier alpha value is -3.41. The number of carbonyl (C=O) groups is 1. The summed E-state index contributed by atoms with van der Waals surface area (Å²) in [5, 5.41) is 12.5. The second-order valence-electron chi connectivity index (χ2n) is 7.34. The average molecular weight is 440 g/mol. The standard InChI is InChI=1S/C22H22ClN5O3/c23-18-10-17(2-3-19(18)25)26-22(29)16(11-24)13-28-7-5-27(6-8-28)12-15-1-4-20-21(9-15)31-14-30-20/h1-4,9-10,13H,5-8,12,14,25H2,(H,26,29)/b16-13-. The fourth-order valence-corrected chi connectivity index (χ4v) is 3.65. The third kappa shape index (κ3) is 5.02. The van der Waals surface area contributed by atoms with Gasteiger partial charge in [-0.15, -0.1) is 0 Å². The van der Waals surface area contributed by atoms with E-state index in [0.717, 1.165) is 49.8 Å². The predicted molar refractivity (Wildman–Crippen MR) is 118 cm³/mol. The Kier molecular flexibility index (Phi) is 6.16. The number of nitriles is 1. The molecule has 0 radical (unpaired) electrons. The van der Waals surface area contributed by atoms with Crippen molar-refractivity contribution in [1.29, 1.82) is 5.26 Å². The number of benzene rings is 2. The van der Waals surface area contributed by atoms with Gasteiger partial charge in [-0.05, 0) is 35.9 Å². The molecule has 2 aromatic rings. The molecular formula is C22H22ClN5O3. The molecular weight excluding hydrogens is 418 g/mol. The van der Waals surface area contributed by atoms with Gasteiger partial charge in [0.2, 0.25) is 6.79 Å². The third-order valence-electron chi connectivity index (χ3n) is 5.19. The van der Waals surface area contributed by atoms with Gasteiger partial charge in [-0.1, -0.05) is 17.7 Å². The Balaban J connectivity index is 1.32. The number of halogens is 1. The molecule has 1 saturated heterocycles. The van der Waals surface area contributed by atoms with Crippen molar-refractivity contribution in [2.75, 3.05) is 44.0 Å². The van der Waals surface area contributed by atoms with Crippen molar-refractivity contribution in [3.05, 3.63) is 58.8 Å². The SMILES string of the molecule is N#C/C(=C/N1CCN(Cc2ccc3c(c2)OCO3)CC1)C(=O)Nc1ccc(N)c(Cl)c1. The summed E-state index contributed by atoms with van der Waals surface area (Å²) in [7, 11) is 0. The molecule has 1 fully saturated rings. The molecule has 9 heteroatoms. The zero-order chi connectivity index (χ0) is 21.8. The highest BCUT2D eigenvalue weighted by Gasteiger charge is 2.19. The van der Waals surface area contributed by atoms with E-state index in [4.69, 9.17) is 26.8 Å². The van der Waals surface area contributed by atoms with E-state index < -0.39 is 5.91 Å². The van der Waals surface area contributed by atoms with E-state index in [1.807, 2.05) is 29.2 Å². The molecule has 0 unspecified atom stereocenters. The molecule has 0 aliphatic carbocycles. The lowest BCUT2D eigenvalue weighted by Crippen LogP contribution is -2.43. The van der Waals surface area contributed by atoms with Crippen LogP contribution in [0.15, 0.2) is 48.2 Å². The van der Waals surface area contributed by atoms with Crippen LogP contribution in [0.4, 0.5) is 11.4 Å². The summed E-state index contributed by atoms with van der Waals surface area (Å²) in [4.78, 5) is 16.8. The second-order valence-corrected chi connectivity index (χ2v) is 7.75. The lowest BCUT2D eigenvalue weighted by molar-refractivity contribution is -0.112. The topological polar surface area (TPSA) is 104 Å². The molecule has 0 saturated carbocycles. The zero-order valence-corrected chi connectivity index (χ0v) is 17.6. The maximum absolute atomic E-state index is 12.5. The lowest BCUT2D eigenvalue weighted by atomic mass is 10.1. The molecule has 2 aromatic carbocycles. The number of nitrogens with one attached hydrogen (secondary N) is 1. The Labute approximate surface area is 185 Å². The molecule has 0 atom stereocenters. The van der Waals surface area contributed by atoms with E-state index in [0.29, 0.717) is 16.4 Å². The van der Waals surface area contributed by atoms with Gasteiger partial charge in [0.25, 0.3) is 5.91 Å². The number of hydrogen-bond acceptors (Lipinski definition) is 7. The highest BCUT2D eigenvalue weighted by Crippen LogP contribution is 2.32. The molecule has 0 aromatic heterocycles. The Morgan fingerprint density at radius 1 is 1.16 bits per heavy atom. The van der Waals surface area contributed by atoms with Crippen LogP contribution >= 0.6 is 11.6 Å². The first-order valence-electron chi connectivity index (χ1n) is 9.85. The molecule has 8 nitrogen and oxygen atoms in total. The summed E-state index contributed by atoms with van der Waals surface area (Å²) in [5.41, 5.74) is 7.79. The summed E-state index contributed by atoms with van der Waals surface area (Å²) in [6, 6.07) is 12.8. The van der Waals surface area contributed by atoms with Crippen molar-refractivity contribution in [3.8, 4) is 17.6 Å². The van der Waals surface area contributed by atoms with Crippen LogP contribution in [0.25, 0.3) is 0 Å². The van der Waals surface area contributed by atoms with Crippen molar-refractivity contribution in [2.24, 2.45) is 0 Å². The highest BCUT2D eigenvalue weighted by atomic mass is 35.5. The summed E-state index contributed by atoms with van der Waals surface area (Å²) >= 11 is 5.98.